The molecule has 7 heteroatoms. The largest absolute Gasteiger partial charge is 0.496 e. The first kappa shape index (κ1) is 24.3. The zero-order valence-electron chi connectivity index (χ0n) is 18.5. The zero-order valence-corrected chi connectivity index (χ0v) is 20.7. The molecule has 0 aliphatic heterocycles. The highest BCUT2D eigenvalue weighted by molar-refractivity contribution is 14.1. The first-order valence-corrected chi connectivity index (χ1v) is 11.3. The highest BCUT2D eigenvalue weighted by Gasteiger charge is 2.13. The Bertz CT molecular complexity index is 1150. The first-order valence-electron chi connectivity index (χ1n) is 10.2. The van der Waals surface area contributed by atoms with Gasteiger partial charge >= 0.3 is 0 Å². The Balaban J connectivity index is 1.77. The molecule has 0 bridgehead atoms. The molecule has 170 valence electrons. The second-order valence-electron chi connectivity index (χ2n) is 7.03. The summed E-state index contributed by atoms with van der Waals surface area (Å²) in [6.07, 6.45) is 3.96. The second-order valence-corrected chi connectivity index (χ2v) is 8.19. The van der Waals surface area contributed by atoms with Crippen LogP contribution in [0.25, 0.3) is 0 Å². The van der Waals surface area contributed by atoms with Crippen LogP contribution in [0.3, 0.4) is 0 Å². The maximum atomic E-state index is 12.4. The van der Waals surface area contributed by atoms with Crippen molar-refractivity contribution in [3.05, 3.63) is 99.1 Å². The lowest BCUT2D eigenvalue weighted by Crippen LogP contribution is -2.17. The molecule has 0 radical (unpaired) electrons. The molecule has 0 saturated carbocycles. The van der Waals surface area contributed by atoms with Crippen molar-refractivity contribution in [2.24, 2.45) is 5.10 Å². The van der Waals surface area contributed by atoms with Crippen LogP contribution in [0, 0.1) is 3.57 Å². The van der Waals surface area contributed by atoms with Gasteiger partial charge in [0.1, 0.15) is 12.4 Å². The SMILES string of the molecule is C=CCc1cc(/C=N\NC(=O)c2ccc(I)c(OC)c2)cc(OC)c1OCc1ccccc1. The topological polar surface area (TPSA) is 69.2 Å². The van der Waals surface area contributed by atoms with E-state index in [1.165, 1.54) is 0 Å². The number of allylic oxidation sites excluding steroid dienone is 1. The van der Waals surface area contributed by atoms with Gasteiger partial charge in [0.15, 0.2) is 11.5 Å². The van der Waals surface area contributed by atoms with Crippen molar-refractivity contribution in [1.82, 2.24) is 5.43 Å². The molecule has 0 heterocycles. The molecule has 3 aromatic rings. The molecular weight excluding hydrogens is 531 g/mol. The third kappa shape index (κ3) is 6.58. The number of nitrogens with one attached hydrogen (secondary N) is 1. The predicted molar refractivity (Wildman–Crippen MR) is 138 cm³/mol. The van der Waals surface area contributed by atoms with Crippen LogP contribution in [-0.2, 0) is 13.0 Å². The summed E-state index contributed by atoms with van der Waals surface area (Å²) < 4.78 is 17.9. The summed E-state index contributed by atoms with van der Waals surface area (Å²) >= 11 is 2.15. The van der Waals surface area contributed by atoms with Crippen LogP contribution in [0.15, 0.2) is 78.4 Å². The fourth-order valence-corrected chi connectivity index (χ4v) is 3.70. The third-order valence-corrected chi connectivity index (χ3v) is 5.65. The number of rotatable bonds is 10. The van der Waals surface area contributed by atoms with Crippen LogP contribution in [0.1, 0.15) is 27.0 Å². The molecule has 1 N–H and O–H groups in total. The van der Waals surface area contributed by atoms with E-state index in [4.69, 9.17) is 14.2 Å². The minimum atomic E-state index is -0.331. The van der Waals surface area contributed by atoms with E-state index in [1.807, 2.05) is 48.5 Å². The Kier molecular flexibility index (Phi) is 8.88. The van der Waals surface area contributed by atoms with E-state index in [1.54, 1.807) is 38.6 Å². The van der Waals surface area contributed by atoms with E-state index in [9.17, 15) is 4.79 Å². The van der Waals surface area contributed by atoms with Gasteiger partial charge in [-0.2, -0.15) is 5.10 Å². The number of amides is 1. The lowest BCUT2D eigenvalue weighted by Gasteiger charge is -2.16. The average molecular weight is 556 g/mol. The Morgan fingerprint density at radius 2 is 1.82 bits per heavy atom. The minimum absolute atomic E-state index is 0.331. The van der Waals surface area contributed by atoms with Gasteiger partial charge in [-0.05, 0) is 70.5 Å². The van der Waals surface area contributed by atoms with Gasteiger partial charge in [0.25, 0.3) is 5.91 Å². The van der Waals surface area contributed by atoms with E-state index < -0.39 is 0 Å². The van der Waals surface area contributed by atoms with Crippen LogP contribution in [-0.4, -0.2) is 26.3 Å². The summed E-state index contributed by atoms with van der Waals surface area (Å²) in [6, 6.07) is 18.9. The van der Waals surface area contributed by atoms with Crippen molar-refractivity contribution in [2.45, 2.75) is 13.0 Å². The summed E-state index contributed by atoms with van der Waals surface area (Å²) in [6.45, 7) is 4.26. The number of carbonyl (C=O) groups excluding carboxylic acids is 1. The van der Waals surface area contributed by atoms with Crippen molar-refractivity contribution in [1.29, 1.82) is 0 Å². The molecular formula is C26H25IN2O4. The summed E-state index contributed by atoms with van der Waals surface area (Å²) in [5, 5.41) is 4.11. The quantitative estimate of drug-likeness (QED) is 0.158. The molecule has 3 aromatic carbocycles. The second kappa shape index (κ2) is 12.1. The number of hydrogen-bond donors (Lipinski definition) is 1. The smallest absolute Gasteiger partial charge is 0.271 e. The molecule has 0 saturated heterocycles. The number of ether oxygens (including phenoxy) is 3. The maximum Gasteiger partial charge on any atom is 0.271 e. The Morgan fingerprint density at radius 1 is 1.06 bits per heavy atom. The number of hydrogen-bond acceptors (Lipinski definition) is 5. The van der Waals surface area contributed by atoms with Crippen molar-refractivity contribution in [2.75, 3.05) is 14.2 Å². The van der Waals surface area contributed by atoms with Gasteiger partial charge in [-0.25, -0.2) is 5.43 Å². The van der Waals surface area contributed by atoms with Crippen LogP contribution in [0.2, 0.25) is 0 Å². The molecule has 0 aliphatic rings. The van der Waals surface area contributed by atoms with Crippen LogP contribution >= 0.6 is 22.6 Å². The number of hydrazone groups is 1. The molecule has 6 nitrogen and oxygen atoms in total. The molecule has 33 heavy (non-hydrogen) atoms. The third-order valence-electron chi connectivity index (χ3n) is 4.76. The lowest BCUT2D eigenvalue weighted by molar-refractivity contribution is 0.0954. The number of carbonyl (C=O) groups is 1. The van der Waals surface area contributed by atoms with Crippen molar-refractivity contribution in [3.8, 4) is 17.2 Å². The molecule has 0 aromatic heterocycles. The standard InChI is InChI=1S/C26H25IN2O4/c1-4-8-20-13-19(14-24(32-3)25(20)33-17-18-9-6-5-7-10-18)16-28-29-26(30)21-11-12-22(27)23(15-21)31-2/h4-7,9-16H,1,8,17H2,2-3H3,(H,29,30)/b28-16-. The highest BCUT2D eigenvalue weighted by Crippen LogP contribution is 2.34. The fourth-order valence-electron chi connectivity index (χ4n) is 3.14. The van der Waals surface area contributed by atoms with E-state index >= 15 is 0 Å². The number of nitrogens with zero attached hydrogens (tertiary/aromatic N) is 1. The van der Waals surface area contributed by atoms with Crippen LogP contribution < -0.4 is 19.6 Å². The molecule has 0 spiro atoms. The van der Waals surface area contributed by atoms with Gasteiger partial charge < -0.3 is 14.2 Å². The summed E-state index contributed by atoms with van der Waals surface area (Å²) in [5.74, 6) is 1.55. The van der Waals surface area contributed by atoms with Crippen LogP contribution in [0.5, 0.6) is 17.2 Å². The zero-order chi connectivity index (χ0) is 23.6. The summed E-state index contributed by atoms with van der Waals surface area (Å²) in [4.78, 5) is 12.4. The molecule has 0 aliphatic carbocycles. The van der Waals surface area contributed by atoms with Gasteiger partial charge in [-0.3, -0.25) is 4.79 Å². The first-order chi connectivity index (χ1) is 16.0. The fraction of sp³-hybridized carbons (Fsp3) is 0.154. The maximum absolute atomic E-state index is 12.4. The molecule has 0 fully saturated rings. The van der Waals surface area contributed by atoms with Gasteiger partial charge in [0.2, 0.25) is 0 Å². The lowest BCUT2D eigenvalue weighted by atomic mass is 10.1. The van der Waals surface area contributed by atoms with Gasteiger partial charge in [-0.1, -0.05) is 36.4 Å². The van der Waals surface area contributed by atoms with Gasteiger partial charge in [0.05, 0.1) is 24.0 Å². The van der Waals surface area contributed by atoms with E-state index in [0.29, 0.717) is 35.8 Å². The Hall–Kier alpha value is -3.33. The normalized spacial score (nSPS) is 10.6. The molecule has 0 atom stereocenters. The Morgan fingerprint density at radius 3 is 2.52 bits per heavy atom. The van der Waals surface area contributed by atoms with Crippen molar-refractivity contribution >= 4 is 34.7 Å². The molecule has 1 amide bonds. The molecule has 3 rings (SSSR count). The Labute approximate surface area is 207 Å². The summed E-state index contributed by atoms with van der Waals surface area (Å²) in [5.41, 5.74) is 5.74. The van der Waals surface area contributed by atoms with Crippen LogP contribution in [0.4, 0.5) is 0 Å². The van der Waals surface area contributed by atoms with E-state index in [0.717, 1.165) is 20.3 Å². The van der Waals surface area contributed by atoms with Gasteiger partial charge in [-0.15, -0.1) is 6.58 Å². The number of benzene rings is 3. The summed E-state index contributed by atoms with van der Waals surface area (Å²) in [7, 11) is 3.16. The molecule has 0 unspecified atom stereocenters. The number of methoxy groups -OCH3 is 2. The van der Waals surface area contributed by atoms with E-state index in [-0.39, 0.29) is 5.91 Å². The predicted octanol–water partition coefficient (Wildman–Crippen LogP) is 5.38. The average Bonchev–Trinajstić information content (AvgIpc) is 2.84. The van der Waals surface area contributed by atoms with E-state index in [2.05, 4.69) is 39.7 Å². The highest BCUT2D eigenvalue weighted by atomic mass is 127. The minimum Gasteiger partial charge on any atom is -0.496 e. The van der Waals surface area contributed by atoms with Crippen molar-refractivity contribution < 1.29 is 19.0 Å². The van der Waals surface area contributed by atoms with Gasteiger partial charge in [0, 0.05) is 11.1 Å². The monoisotopic (exact) mass is 556 g/mol. The number of halogens is 1. The van der Waals surface area contributed by atoms with Crippen molar-refractivity contribution in [3.63, 3.8) is 0 Å².